The molecule has 0 bridgehead atoms. The van der Waals surface area contributed by atoms with Gasteiger partial charge >= 0.3 is 13.4 Å². The molecule has 4 rings (SSSR count). The summed E-state index contributed by atoms with van der Waals surface area (Å²) in [5, 5.41) is 16.6. The molecule has 2 fully saturated rings. The molecule has 6 N–H and O–H groups in total. The molecule has 1 saturated heterocycles. The summed E-state index contributed by atoms with van der Waals surface area (Å²) in [6.07, 6.45) is 5.46. The average Bonchev–Trinajstić information content (AvgIpc) is 3.52. The molecule has 3 heterocycles. The lowest BCUT2D eigenvalue weighted by Gasteiger charge is -2.28. The van der Waals surface area contributed by atoms with Crippen molar-refractivity contribution in [1.82, 2.24) is 19.4 Å². The van der Waals surface area contributed by atoms with Gasteiger partial charge in [0, 0.05) is 49.3 Å². The van der Waals surface area contributed by atoms with E-state index in [0.29, 0.717) is 24.1 Å². The van der Waals surface area contributed by atoms with Crippen molar-refractivity contribution in [3.05, 3.63) is 61.0 Å². The van der Waals surface area contributed by atoms with Gasteiger partial charge in [-0.1, -0.05) is 24.4 Å². The van der Waals surface area contributed by atoms with Gasteiger partial charge in [-0.05, 0) is 31.4 Å². The lowest BCUT2D eigenvalue weighted by molar-refractivity contribution is -0.0262. The van der Waals surface area contributed by atoms with Crippen LogP contribution in [-0.4, -0.2) is 57.3 Å². The minimum absolute atomic E-state index is 0.0476. The first-order chi connectivity index (χ1) is 20.5. The second-order valence-electron chi connectivity index (χ2n) is 10.6. The van der Waals surface area contributed by atoms with E-state index in [4.69, 9.17) is 30.5 Å². The molecule has 2 aromatic heterocycles. The first kappa shape index (κ1) is 32.0. The molecule has 1 aliphatic carbocycles. The Kier molecular flexibility index (Phi) is 10.5. The number of rotatable bonds is 13. The Morgan fingerprint density at radius 2 is 2.07 bits per heavy atom. The third-order valence-electron chi connectivity index (χ3n) is 7.29. The number of anilines is 1. The molecule has 4 atom stereocenters. The van der Waals surface area contributed by atoms with Crippen molar-refractivity contribution in [3.63, 3.8) is 0 Å². The number of amides is 1. The molecule has 1 unspecified atom stereocenters. The predicted octanol–water partition coefficient (Wildman–Crippen LogP) is 2.79. The van der Waals surface area contributed by atoms with Gasteiger partial charge in [-0.3, -0.25) is 38.7 Å². The number of hydrogen-bond acceptors (Lipinski definition) is 9. The standard InChI is InChI=1S/C25H37N10O7P/c1-15-12-35(25(38)30-23(15)36)22-11-18(31-33-28)20(41-22)14-40-43(39,42-17-6-4-3-5-7-17)32-16-10-19(34(2)13-16)24(37)29-9-8-21(26)27/h10,12-13,17-18,20,22H,3-9,11,14H2,1-2H3,(H3,26,27)(H,29,37)(H,32,39)(H,30,36,38)/t18-,20+,22+,43?/m0/s1. The van der Waals surface area contributed by atoms with Crippen molar-refractivity contribution in [2.75, 3.05) is 18.2 Å². The fraction of sp³-hybridized carbons (Fsp3) is 0.600. The quantitative estimate of drug-likeness (QED) is 0.0551. The second kappa shape index (κ2) is 14.1. The van der Waals surface area contributed by atoms with Gasteiger partial charge in [0.25, 0.3) is 11.5 Å². The molecule has 0 aromatic carbocycles. The number of ether oxygens (including phenoxy) is 1. The summed E-state index contributed by atoms with van der Waals surface area (Å²) in [6, 6.07) is 0.735. The number of nitrogens with two attached hydrogens (primary N) is 1. The van der Waals surface area contributed by atoms with Crippen LogP contribution in [0.25, 0.3) is 10.4 Å². The zero-order chi connectivity index (χ0) is 31.1. The number of carbonyl (C=O) groups is 1. The van der Waals surface area contributed by atoms with Crippen LogP contribution in [-0.2, 0) is 25.4 Å². The highest BCUT2D eigenvalue weighted by atomic mass is 31.2. The molecule has 1 aliphatic heterocycles. The van der Waals surface area contributed by atoms with E-state index in [9.17, 15) is 18.9 Å². The highest BCUT2D eigenvalue weighted by Gasteiger charge is 2.39. The fourth-order valence-corrected chi connectivity index (χ4v) is 6.63. The van der Waals surface area contributed by atoms with Gasteiger partial charge in [0.15, 0.2) is 0 Å². The molecule has 17 nitrogen and oxygen atoms in total. The molecule has 234 valence electrons. The smallest absolute Gasteiger partial charge is 0.388 e. The van der Waals surface area contributed by atoms with E-state index in [1.807, 2.05) is 0 Å². The number of aromatic amines is 1. The fourth-order valence-electron chi connectivity index (χ4n) is 5.06. The lowest BCUT2D eigenvalue weighted by Crippen LogP contribution is -2.33. The van der Waals surface area contributed by atoms with Crippen LogP contribution in [0.5, 0.6) is 0 Å². The number of nitrogens with zero attached hydrogens (tertiary/aromatic N) is 5. The topological polar surface area (TPSA) is 244 Å². The summed E-state index contributed by atoms with van der Waals surface area (Å²) in [6.45, 7) is 1.43. The maximum Gasteiger partial charge on any atom is 0.433 e. The molecule has 43 heavy (non-hydrogen) atoms. The number of carbonyl (C=O) groups excluding carboxylic acids is 1. The van der Waals surface area contributed by atoms with Crippen LogP contribution in [0.1, 0.15) is 67.2 Å². The van der Waals surface area contributed by atoms with E-state index in [2.05, 4.69) is 25.4 Å². The van der Waals surface area contributed by atoms with Gasteiger partial charge < -0.3 is 20.4 Å². The number of hydrogen-bond donors (Lipinski definition) is 5. The Labute approximate surface area is 246 Å². The third-order valence-corrected chi connectivity index (χ3v) is 8.89. The first-order valence-corrected chi connectivity index (χ1v) is 15.5. The van der Waals surface area contributed by atoms with Crippen LogP contribution in [0.2, 0.25) is 0 Å². The number of nitrogens with one attached hydrogen (secondary N) is 4. The number of aromatic nitrogens is 3. The van der Waals surface area contributed by atoms with Crippen LogP contribution in [0, 0.1) is 12.3 Å². The number of azide groups is 1. The van der Waals surface area contributed by atoms with Crippen molar-refractivity contribution in [3.8, 4) is 0 Å². The van der Waals surface area contributed by atoms with Crippen molar-refractivity contribution >= 4 is 25.2 Å². The zero-order valence-electron chi connectivity index (χ0n) is 24.0. The molecule has 2 aromatic rings. The van der Waals surface area contributed by atoms with Crippen molar-refractivity contribution in [1.29, 1.82) is 5.41 Å². The molecule has 18 heteroatoms. The van der Waals surface area contributed by atoms with Gasteiger partial charge in [-0.15, -0.1) is 0 Å². The Morgan fingerprint density at radius 3 is 2.77 bits per heavy atom. The third kappa shape index (κ3) is 8.36. The van der Waals surface area contributed by atoms with Crippen molar-refractivity contribution in [2.24, 2.45) is 17.9 Å². The average molecular weight is 621 g/mol. The van der Waals surface area contributed by atoms with Crippen LogP contribution >= 0.6 is 7.75 Å². The Morgan fingerprint density at radius 1 is 1.33 bits per heavy atom. The molecule has 1 amide bonds. The van der Waals surface area contributed by atoms with Gasteiger partial charge in [0.2, 0.25) is 0 Å². The van der Waals surface area contributed by atoms with Gasteiger partial charge in [0.05, 0.1) is 36.4 Å². The highest BCUT2D eigenvalue weighted by Crippen LogP contribution is 2.51. The molecule has 0 radical (unpaired) electrons. The minimum atomic E-state index is -4.06. The first-order valence-electron chi connectivity index (χ1n) is 14.0. The lowest BCUT2D eigenvalue weighted by atomic mass is 9.98. The number of amidine groups is 1. The maximum absolute atomic E-state index is 14.1. The molecule has 2 aliphatic rings. The molecule has 0 spiro atoms. The summed E-state index contributed by atoms with van der Waals surface area (Å²) >= 11 is 0. The monoisotopic (exact) mass is 620 g/mol. The maximum atomic E-state index is 14.1. The van der Waals surface area contributed by atoms with E-state index < -0.39 is 43.3 Å². The highest BCUT2D eigenvalue weighted by molar-refractivity contribution is 7.55. The molecule has 1 saturated carbocycles. The Bertz CT molecular complexity index is 1540. The summed E-state index contributed by atoms with van der Waals surface area (Å²) in [5.74, 6) is -0.454. The predicted molar refractivity (Wildman–Crippen MR) is 157 cm³/mol. The summed E-state index contributed by atoms with van der Waals surface area (Å²) < 4.78 is 34.8. The molecular formula is C25H37N10O7P. The van der Waals surface area contributed by atoms with Gasteiger partial charge in [-0.25, -0.2) is 9.36 Å². The van der Waals surface area contributed by atoms with E-state index in [-0.39, 0.29) is 43.6 Å². The van der Waals surface area contributed by atoms with E-state index in [1.54, 1.807) is 24.7 Å². The SMILES string of the molecule is Cc1cn([C@H]2C[C@H](N=[N+]=[N-])[C@@H](COP(=O)(Nc3cc(C(=O)NCCC(=N)N)n(C)c3)OC3CCCCC3)O2)c(=O)[nH]c1=O. The van der Waals surface area contributed by atoms with Crippen LogP contribution in [0.4, 0.5) is 5.69 Å². The summed E-state index contributed by atoms with van der Waals surface area (Å²) in [4.78, 5) is 42.0. The zero-order valence-corrected chi connectivity index (χ0v) is 24.9. The van der Waals surface area contributed by atoms with E-state index >= 15 is 0 Å². The van der Waals surface area contributed by atoms with Crippen LogP contribution in [0.3, 0.4) is 0 Å². The Hall–Kier alpha value is -3.88. The second-order valence-corrected chi connectivity index (χ2v) is 12.3. The molecular weight excluding hydrogens is 583 g/mol. The number of H-pyrrole nitrogens is 1. The van der Waals surface area contributed by atoms with Crippen molar-refractivity contribution in [2.45, 2.75) is 76.3 Å². The van der Waals surface area contributed by atoms with Gasteiger partial charge in [-0.2, -0.15) is 0 Å². The summed E-state index contributed by atoms with van der Waals surface area (Å²) in [5.41, 5.74) is 14.2. The largest absolute Gasteiger partial charge is 0.433 e. The van der Waals surface area contributed by atoms with Crippen LogP contribution < -0.4 is 27.4 Å². The Balaban J connectivity index is 1.51. The number of aryl methyl sites for hydroxylation is 2. The summed E-state index contributed by atoms with van der Waals surface area (Å²) in [7, 11) is -2.42. The van der Waals surface area contributed by atoms with Crippen molar-refractivity contribution < 1.29 is 23.1 Å². The minimum Gasteiger partial charge on any atom is -0.388 e. The van der Waals surface area contributed by atoms with E-state index in [0.717, 1.165) is 19.3 Å². The van der Waals surface area contributed by atoms with Gasteiger partial charge in [0.1, 0.15) is 11.9 Å². The normalized spacial score (nSPS) is 22.0. The van der Waals surface area contributed by atoms with Crippen LogP contribution in [0.15, 0.2) is 33.2 Å². The van der Waals surface area contributed by atoms with E-state index in [1.165, 1.54) is 16.8 Å².